The number of carbonyl (C=O) groups excluding carboxylic acids is 1. The van der Waals surface area contributed by atoms with Crippen LogP contribution in [0.2, 0.25) is 5.02 Å². The molecule has 3 aromatic rings. The summed E-state index contributed by atoms with van der Waals surface area (Å²) in [6.07, 6.45) is 4.60. The number of aliphatic imine (C=N–C) groups is 1. The number of carbonyl (C=O) groups is 1. The summed E-state index contributed by atoms with van der Waals surface area (Å²) < 4.78 is 2.15. The van der Waals surface area contributed by atoms with Crippen molar-refractivity contribution < 1.29 is 4.79 Å². The average molecular weight is 361 g/mol. The summed E-state index contributed by atoms with van der Waals surface area (Å²) in [5.74, 6) is 0.256. The van der Waals surface area contributed by atoms with Crippen molar-refractivity contribution in [2.75, 3.05) is 0 Å². The molecule has 4 heteroatoms. The Morgan fingerprint density at radius 2 is 1.92 bits per heavy atom. The van der Waals surface area contributed by atoms with Gasteiger partial charge in [0.2, 0.25) is 0 Å². The third-order valence-electron chi connectivity index (χ3n) is 5.23. The van der Waals surface area contributed by atoms with E-state index in [0.717, 1.165) is 57.2 Å². The van der Waals surface area contributed by atoms with Crippen LogP contribution in [0.4, 0.5) is 0 Å². The Kier molecular flexibility index (Phi) is 3.57. The van der Waals surface area contributed by atoms with Gasteiger partial charge in [-0.1, -0.05) is 29.8 Å². The molecule has 0 N–H and O–H groups in total. The van der Waals surface area contributed by atoms with Crippen molar-refractivity contribution in [1.82, 2.24) is 4.57 Å². The predicted octanol–water partition coefficient (Wildman–Crippen LogP) is 5.00. The van der Waals surface area contributed by atoms with Crippen LogP contribution in [0, 0.1) is 0 Å². The van der Waals surface area contributed by atoms with Gasteiger partial charge in [0.05, 0.1) is 23.6 Å². The quantitative estimate of drug-likeness (QED) is 0.601. The number of nitrogens with zero attached hydrogens (tertiary/aromatic N) is 2. The standard InChI is InChI=1S/C22H17ClN2O/c23-17-8-6-16-13-24-22(19-4-2-10-25(19)20(16)12-17)15-7-9-18-14(11-15)3-1-5-21(18)26/h2,4,6-12H,1,3,5,13H2. The topological polar surface area (TPSA) is 34.4 Å². The van der Waals surface area contributed by atoms with E-state index in [1.54, 1.807) is 0 Å². The maximum Gasteiger partial charge on any atom is 0.163 e. The Bertz CT molecular complexity index is 1080. The molecular weight excluding hydrogens is 344 g/mol. The van der Waals surface area contributed by atoms with Gasteiger partial charge in [0.25, 0.3) is 0 Å². The second-order valence-electron chi connectivity index (χ2n) is 6.85. The third kappa shape index (κ3) is 2.43. The van der Waals surface area contributed by atoms with Gasteiger partial charge in [0, 0.05) is 28.8 Å². The first-order valence-corrected chi connectivity index (χ1v) is 9.26. The predicted molar refractivity (Wildman–Crippen MR) is 104 cm³/mol. The van der Waals surface area contributed by atoms with Crippen LogP contribution in [-0.4, -0.2) is 16.1 Å². The lowest BCUT2D eigenvalue weighted by atomic mass is 9.88. The van der Waals surface area contributed by atoms with Crippen molar-refractivity contribution in [3.63, 3.8) is 0 Å². The molecular formula is C22H17ClN2O. The zero-order chi connectivity index (χ0) is 17.7. The van der Waals surface area contributed by atoms with Crippen LogP contribution in [0.3, 0.4) is 0 Å². The van der Waals surface area contributed by atoms with E-state index >= 15 is 0 Å². The van der Waals surface area contributed by atoms with Gasteiger partial charge < -0.3 is 4.57 Å². The van der Waals surface area contributed by atoms with E-state index in [4.69, 9.17) is 16.6 Å². The molecule has 0 saturated heterocycles. The van der Waals surface area contributed by atoms with Gasteiger partial charge in [-0.2, -0.15) is 0 Å². The Morgan fingerprint density at radius 1 is 1.00 bits per heavy atom. The van der Waals surface area contributed by atoms with Gasteiger partial charge >= 0.3 is 0 Å². The van der Waals surface area contributed by atoms with Crippen molar-refractivity contribution in [1.29, 1.82) is 0 Å². The van der Waals surface area contributed by atoms with Crippen LogP contribution in [0.1, 0.15) is 45.6 Å². The second-order valence-corrected chi connectivity index (χ2v) is 7.29. The lowest BCUT2D eigenvalue weighted by molar-refractivity contribution is 0.0972. The van der Waals surface area contributed by atoms with Gasteiger partial charge in [0.15, 0.2) is 5.78 Å². The zero-order valence-electron chi connectivity index (χ0n) is 14.2. The lowest BCUT2D eigenvalue weighted by Gasteiger charge is -2.16. The molecule has 1 aromatic heterocycles. The molecule has 0 unspecified atom stereocenters. The highest BCUT2D eigenvalue weighted by Gasteiger charge is 2.22. The molecule has 0 spiro atoms. The van der Waals surface area contributed by atoms with Crippen LogP contribution in [0.25, 0.3) is 5.69 Å². The summed E-state index contributed by atoms with van der Waals surface area (Å²) in [5.41, 5.74) is 7.32. The molecule has 0 atom stereocenters. The fourth-order valence-electron chi connectivity index (χ4n) is 3.96. The Balaban J connectivity index is 1.66. The highest BCUT2D eigenvalue weighted by molar-refractivity contribution is 6.30. The van der Waals surface area contributed by atoms with Gasteiger partial charge in [-0.05, 0) is 54.3 Å². The molecule has 1 aliphatic carbocycles. The first kappa shape index (κ1) is 15.6. The summed E-state index contributed by atoms with van der Waals surface area (Å²) in [6, 6.07) is 16.2. The molecule has 5 rings (SSSR count). The first-order chi connectivity index (χ1) is 12.7. The van der Waals surface area contributed by atoms with E-state index in [-0.39, 0.29) is 5.78 Å². The Labute approximate surface area is 157 Å². The molecule has 2 aromatic carbocycles. The number of aromatic nitrogens is 1. The van der Waals surface area contributed by atoms with E-state index in [2.05, 4.69) is 16.7 Å². The number of hydrogen-bond donors (Lipinski definition) is 0. The minimum atomic E-state index is 0.256. The summed E-state index contributed by atoms with van der Waals surface area (Å²) in [4.78, 5) is 17.0. The van der Waals surface area contributed by atoms with E-state index in [9.17, 15) is 4.79 Å². The zero-order valence-corrected chi connectivity index (χ0v) is 15.0. The molecule has 0 radical (unpaired) electrons. The summed E-state index contributed by atoms with van der Waals surface area (Å²) in [7, 11) is 0. The van der Waals surface area contributed by atoms with E-state index in [0.29, 0.717) is 13.0 Å². The maximum absolute atomic E-state index is 12.1. The third-order valence-corrected chi connectivity index (χ3v) is 5.47. The van der Waals surface area contributed by atoms with Crippen molar-refractivity contribution in [2.45, 2.75) is 25.8 Å². The average Bonchev–Trinajstić information content (AvgIpc) is 3.07. The highest BCUT2D eigenvalue weighted by Crippen LogP contribution is 2.29. The molecule has 3 nitrogen and oxygen atoms in total. The molecule has 0 fully saturated rings. The molecule has 26 heavy (non-hydrogen) atoms. The fourth-order valence-corrected chi connectivity index (χ4v) is 4.12. The van der Waals surface area contributed by atoms with Gasteiger partial charge in [-0.25, -0.2) is 0 Å². The number of hydrogen-bond acceptors (Lipinski definition) is 2. The minimum Gasteiger partial charge on any atom is -0.315 e. The van der Waals surface area contributed by atoms with Crippen molar-refractivity contribution in [3.8, 4) is 5.69 Å². The first-order valence-electron chi connectivity index (χ1n) is 8.88. The van der Waals surface area contributed by atoms with Crippen LogP contribution in [0.5, 0.6) is 0 Å². The molecule has 1 aliphatic heterocycles. The van der Waals surface area contributed by atoms with Gasteiger partial charge in [-0.15, -0.1) is 0 Å². The molecule has 2 aliphatic rings. The maximum atomic E-state index is 12.1. The number of rotatable bonds is 1. The Morgan fingerprint density at radius 3 is 2.85 bits per heavy atom. The summed E-state index contributed by atoms with van der Waals surface area (Å²) in [5, 5.41) is 0.721. The van der Waals surface area contributed by atoms with Crippen LogP contribution in [0.15, 0.2) is 59.7 Å². The minimum absolute atomic E-state index is 0.256. The van der Waals surface area contributed by atoms with E-state index < -0.39 is 0 Å². The van der Waals surface area contributed by atoms with E-state index in [1.807, 2.05) is 42.6 Å². The van der Waals surface area contributed by atoms with Crippen LogP contribution >= 0.6 is 11.6 Å². The van der Waals surface area contributed by atoms with Crippen LogP contribution < -0.4 is 0 Å². The lowest BCUT2D eigenvalue weighted by Crippen LogP contribution is -2.13. The summed E-state index contributed by atoms with van der Waals surface area (Å²) >= 11 is 6.23. The fraction of sp³-hybridized carbons (Fsp3) is 0.182. The van der Waals surface area contributed by atoms with Crippen molar-refractivity contribution in [2.24, 2.45) is 4.99 Å². The number of ketones is 1. The number of Topliss-reactive ketones (excluding diaryl/α,β-unsaturated/α-hetero) is 1. The monoisotopic (exact) mass is 360 g/mol. The number of fused-ring (bicyclic) bond motifs is 4. The van der Waals surface area contributed by atoms with Crippen LogP contribution in [-0.2, 0) is 13.0 Å². The molecule has 128 valence electrons. The largest absolute Gasteiger partial charge is 0.315 e. The molecule has 0 bridgehead atoms. The SMILES string of the molecule is O=C1CCCc2cc(C3=NCc4ccc(Cl)cc4-n4cccc43)ccc21. The number of aryl methyl sites for hydroxylation is 1. The molecule has 0 amide bonds. The van der Waals surface area contributed by atoms with Gasteiger partial charge in [0.1, 0.15) is 0 Å². The number of halogens is 1. The molecule has 2 heterocycles. The van der Waals surface area contributed by atoms with Crippen molar-refractivity contribution >= 4 is 23.1 Å². The van der Waals surface area contributed by atoms with Gasteiger partial charge in [-0.3, -0.25) is 9.79 Å². The normalized spacial score (nSPS) is 15.6. The highest BCUT2D eigenvalue weighted by atomic mass is 35.5. The number of benzene rings is 2. The van der Waals surface area contributed by atoms with Crippen molar-refractivity contribution in [3.05, 3.63) is 87.7 Å². The van der Waals surface area contributed by atoms with E-state index in [1.165, 1.54) is 0 Å². The second kappa shape index (κ2) is 5.96. The smallest absolute Gasteiger partial charge is 0.163 e. The Hall–Kier alpha value is -2.65. The molecule has 0 saturated carbocycles. The summed E-state index contributed by atoms with van der Waals surface area (Å²) in [6.45, 7) is 0.611.